The van der Waals surface area contributed by atoms with Crippen LogP contribution in [-0.4, -0.2) is 30.4 Å². The minimum Gasteiger partial charge on any atom is -0.322 e. The number of nitrogens with one attached hydrogen (secondary N) is 1. The van der Waals surface area contributed by atoms with Gasteiger partial charge in [0.05, 0.1) is 22.3 Å². The first kappa shape index (κ1) is 18.0. The molecule has 3 nitrogen and oxygen atoms in total. The van der Waals surface area contributed by atoms with Gasteiger partial charge in [0.15, 0.2) is 0 Å². The molecule has 0 aliphatic carbocycles. The number of anilines is 1. The molecule has 0 saturated heterocycles. The topological polar surface area (TPSA) is 32.3 Å². The lowest BCUT2D eigenvalue weighted by atomic mass is 10.00. The monoisotopic (exact) mass is 374 g/mol. The van der Waals surface area contributed by atoms with Crippen LogP contribution >= 0.6 is 23.2 Å². The van der Waals surface area contributed by atoms with Crippen molar-refractivity contribution in [1.29, 1.82) is 0 Å². The Morgan fingerprint density at radius 2 is 1.92 bits per heavy atom. The van der Waals surface area contributed by atoms with Crippen LogP contribution in [0.25, 0.3) is 5.57 Å². The predicted molar refractivity (Wildman–Crippen MR) is 105 cm³/mol. The van der Waals surface area contributed by atoms with E-state index >= 15 is 0 Å². The van der Waals surface area contributed by atoms with Crippen LogP contribution in [0.3, 0.4) is 0 Å². The minimum atomic E-state index is -0.106. The predicted octanol–water partition coefficient (Wildman–Crippen LogP) is 5.03. The van der Waals surface area contributed by atoms with Crippen LogP contribution in [-0.2, 0) is 4.79 Å². The molecule has 5 heteroatoms. The Bertz CT molecular complexity index is 803. The van der Waals surface area contributed by atoms with E-state index in [1.807, 2.05) is 31.2 Å². The second-order valence-electron chi connectivity index (χ2n) is 6.18. The molecule has 0 fully saturated rings. The fourth-order valence-corrected chi connectivity index (χ4v) is 3.39. The molecule has 0 aromatic heterocycles. The zero-order valence-electron chi connectivity index (χ0n) is 14.1. The average molecular weight is 375 g/mol. The third-order valence-electron chi connectivity index (χ3n) is 4.35. The summed E-state index contributed by atoms with van der Waals surface area (Å²) < 4.78 is 0. The smallest absolute Gasteiger partial charge is 0.238 e. The maximum Gasteiger partial charge on any atom is 0.238 e. The highest BCUT2D eigenvalue weighted by Gasteiger charge is 2.17. The average Bonchev–Trinajstić information content (AvgIpc) is 2.63. The molecule has 130 valence electrons. The molecular formula is C20H20Cl2N2O. The molecule has 0 bridgehead atoms. The van der Waals surface area contributed by atoms with E-state index < -0.39 is 0 Å². The van der Waals surface area contributed by atoms with Crippen LogP contribution in [0.15, 0.2) is 48.5 Å². The van der Waals surface area contributed by atoms with E-state index in [4.69, 9.17) is 23.2 Å². The molecule has 25 heavy (non-hydrogen) atoms. The van der Waals surface area contributed by atoms with Gasteiger partial charge in [-0.1, -0.05) is 65.7 Å². The first-order valence-corrected chi connectivity index (χ1v) is 9.01. The molecular weight excluding hydrogens is 355 g/mol. The van der Waals surface area contributed by atoms with Crippen molar-refractivity contribution in [2.24, 2.45) is 0 Å². The Labute approximate surface area is 158 Å². The van der Waals surface area contributed by atoms with E-state index in [1.165, 1.54) is 11.1 Å². The number of benzene rings is 2. The summed E-state index contributed by atoms with van der Waals surface area (Å²) in [5, 5.41) is 3.79. The number of carbonyl (C=O) groups is 1. The minimum absolute atomic E-state index is 0.106. The Hall–Kier alpha value is -1.81. The molecule has 1 aliphatic heterocycles. The third-order valence-corrected chi connectivity index (χ3v) is 5.16. The molecule has 1 N–H and O–H groups in total. The summed E-state index contributed by atoms with van der Waals surface area (Å²) >= 11 is 12.4. The van der Waals surface area contributed by atoms with E-state index in [-0.39, 0.29) is 5.91 Å². The van der Waals surface area contributed by atoms with Gasteiger partial charge < -0.3 is 5.32 Å². The molecule has 0 unspecified atom stereocenters. The van der Waals surface area contributed by atoms with Crippen molar-refractivity contribution in [3.8, 4) is 0 Å². The fourth-order valence-electron chi connectivity index (χ4n) is 2.92. The summed E-state index contributed by atoms with van der Waals surface area (Å²) in [4.78, 5) is 14.5. The van der Waals surface area contributed by atoms with Gasteiger partial charge in [0, 0.05) is 13.1 Å². The van der Waals surface area contributed by atoms with E-state index in [0.29, 0.717) is 22.3 Å². The maximum atomic E-state index is 12.4. The van der Waals surface area contributed by atoms with Gasteiger partial charge in [-0.3, -0.25) is 9.69 Å². The summed E-state index contributed by atoms with van der Waals surface area (Å²) in [5.74, 6) is -0.106. The highest BCUT2D eigenvalue weighted by atomic mass is 35.5. The van der Waals surface area contributed by atoms with Crippen molar-refractivity contribution in [1.82, 2.24) is 4.90 Å². The van der Waals surface area contributed by atoms with E-state index in [0.717, 1.165) is 25.1 Å². The van der Waals surface area contributed by atoms with Gasteiger partial charge in [-0.15, -0.1) is 0 Å². The zero-order chi connectivity index (χ0) is 17.8. The number of hydrogen-bond acceptors (Lipinski definition) is 2. The molecule has 0 radical (unpaired) electrons. The second-order valence-corrected chi connectivity index (χ2v) is 6.97. The normalized spacial score (nSPS) is 14.9. The first-order chi connectivity index (χ1) is 12.0. The number of amides is 1. The Morgan fingerprint density at radius 3 is 2.60 bits per heavy atom. The quantitative estimate of drug-likeness (QED) is 0.813. The van der Waals surface area contributed by atoms with E-state index in [1.54, 1.807) is 6.07 Å². The van der Waals surface area contributed by atoms with Gasteiger partial charge in [-0.05, 0) is 36.1 Å². The fraction of sp³-hybridized carbons (Fsp3) is 0.250. The molecule has 3 rings (SSSR count). The van der Waals surface area contributed by atoms with Gasteiger partial charge in [0.2, 0.25) is 5.91 Å². The summed E-state index contributed by atoms with van der Waals surface area (Å²) in [6.45, 7) is 3.81. The second kappa shape index (κ2) is 8.05. The van der Waals surface area contributed by atoms with Crippen LogP contribution in [0.5, 0.6) is 0 Å². The summed E-state index contributed by atoms with van der Waals surface area (Å²) in [6.07, 6.45) is 3.13. The third kappa shape index (κ3) is 4.43. The van der Waals surface area contributed by atoms with E-state index in [2.05, 4.69) is 28.4 Å². The van der Waals surface area contributed by atoms with Crippen LogP contribution in [0.4, 0.5) is 5.69 Å². The molecule has 0 atom stereocenters. The maximum absolute atomic E-state index is 12.4. The van der Waals surface area contributed by atoms with Crippen LogP contribution < -0.4 is 5.32 Å². The van der Waals surface area contributed by atoms with Crippen LogP contribution in [0, 0.1) is 6.92 Å². The summed E-state index contributed by atoms with van der Waals surface area (Å²) in [7, 11) is 0. The van der Waals surface area contributed by atoms with Crippen LogP contribution in [0.2, 0.25) is 10.0 Å². The molecule has 1 heterocycles. The number of nitrogens with zero attached hydrogens (tertiary/aromatic N) is 1. The van der Waals surface area contributed by atoms with Gasteiger partial charge >= 0.3 is 0 Å². The lowest BCUT2D eigenvalue weighted by molar-refractivity contribution is -0.117. The van der Waals surface area contributed by atoms with Gasteiger partial charge in [0.25, 0.3) is 0 Å². The molecule has 0 saturated carbocycles. The summed E-state index contributed by atoms with van der Waals surface area (Å²) in [6, 6.07) is 13.9. The lowest BCUT2D eigenvalue weighted by Gasteiger charge is -2.26. The SMILES string of the molecule is Cc1ccc(Cl)c(NC(=O)CN2CC=C(c3ccccc3)CC2)c1Cl. The number of carbonyl (C=O) groups excluding carboxylic acids is 1. The first-order valence-electron chi connectivity index (χ1n) is 8.26. The molecule has 1 aliphatic rings. The van der Waals surface area contributed by atoms with Crippen molar-refractivity contribution in [2.75, 3.05) is 25.0 Å². The van der Waals surface area contributed by atoms with Crippen molar-refractivity contribution >= 4 is 40.4 Å². The number of rotatable bonds is 4. The number of aryl methyl sites for hydroxylation is 1. The van der Waals surface area contributed by atoms with Crippen molar-refractivity contribution in [3.63, 3.8) is 0 Å². The van der Waals surface area contributed by atoms with Crippen molar-refractivity contribution in [2.45, 2.75) is 13.3 Å². The van der Waals surface area contributed by atoms with Crippen LogP contribution in [0.1, 0.15) is 17.5 Å². The Kier molecular flexibility index (Phi) is 5.79. The summed E-state index contributed by atoms with van der Waals surface area (Å²) in [5.41, 5.74) is 3.97. The van der Waals surface area contributed by atoms with Gasteiger partial charge in [-0.25, -0.2) is 0 Å². The Morgan fingerprint density at radius 1 is 1.16 bits per heavy atom. The van der Waals surface area contributed by atoms with E-state index in [9.17, 15) is 4.79 Å². The standard InChI is InChI=1S/C20H20Cl2N2O/c1-14-7-8-17(21)20(19(14)22)23-18(25)13-24-11-9-16(10-12-24)15-5-3-2-4-6-15/h2-9H,10-13H2,1H3,(H,23,25). The Balaban J connectivity index is 1.60. The van der Waals surface area contributed by atoms with Gasteiger partial charge in [0.1, 0.15) is 0 Å². The highest BCUT2D eigenvalue weighted by Crippen LogP contribution is 2.32. The van der Waals surface area contributed by atoms with Gasteiger partial charge in [-0.2, -0.15) is 0 Å². The zero-order valence-corrected chi connectivity index (χ0v) is 15.6. The number of halogens is 2. The molecule has 2 aromatic carbocycles. The van der Waals surface area contributed by atoms with Crippen molar-refractivity contribution < 1.29 is 4.79 Å². The number of hydrogen-bond donors (Lipinski definition) is 1. The highest BCUT2D eigenvalue weighted by molar-refractivity contribution is 6.40. The van der Waals surface area contributed by atoms with Crippen molar-refractivity contribution in [3.05, 3.63) is 69.7 Å². The molecule has 0 spiro atoms. The molecule has 2 aromatic rings. The lowest BCUT2D eigenvalue weighted by Crippen LogP contribution is -2.36. The molecule has 1 amide bonds. The largest absolute Gasteiger partial charge is 0.322 e.